The van der Waals surface area contributed by atoms with Gasteiger partial charge in [-0.25, -0.2) is 0 Å². The highest BCUT2D eigenvalue weighted by atomic mass is 79.9. The Bertz CT molecular complexity index is 548. The molecule has 0 aliphatic carbocycles. The van der Waals surface area contributed by atoms with Crippen LogP contribution >= 0.6 is 27.3 Å². The van der Waals surface area contributed by atoms with Crippen molar-refractivity contribution in [1.29, 1.82) is 0 Å². The maximum atomic E-state index is 12.1. The average molecular weight is 363 g/mol. The van der Waals surface area contributed by atoms with Crippen molar-refractivity contribution in [3.63, 3.8) is 0 Å². The van der Waals surface area contributed by atoms with Crippen LogP contribution in [0.3, 0.4) is 0 Å². The first-order valence-electron chi connectivity index (χ1n) is 5.82. The molecule has 0 saturated carbocycles. The monoisotopic (exact) mass is 362 g/mol. The molecule has 3 N–H and O–H groups in total. The molecule has 3 nitrogen and oxygen atoms in total. The van der Waals surface area contributed by atoms with Gasteiger partial charge in [-0.2, -0.15) is 8.78 Å². The lowest BCUT2D eigenvalue weighted by atomic mass is 10.0. The van der Waals surface area contributed by atoms with Crippen molar-refractivity contribution in [3.05, 3.63) is 50.6 Å². The Labute approximate surface area is 127 Å². The van der Waals surface area contributed by atoms with E-state index < -0.39 is 6.61 Å². The highest BCUT2D eigenvalue weighted by molar-refractivity contribution is 9.10. The number of halogens is 3. The van der Waals surface area contributed by atoms with E-state index >= 15 is 0 Å². The number of ether oxygens (including phenoxy) is 1. The summed E-state index contributed by atoms with van der Waals surface area (Å²) >= 11 is 5.04. The predicted molar refractivity (Wildman–Crippen MR) is 78.9 cm³/mol. The number of nitrogens with two attached hydrogens (primary N) is 1. The van der Waals surface area contributed by atoms with Crippen molar-refractivity contribution in [1.82, 2.24) is 5.43 Å². The summed E-state index contributed by atoms with van der Waals surface area (Å²) in [6, 6.07) is 8.42. The number of hydrogen-bond donors (Lipinski definition) is 2. The van der Waals surface area contributed by atoms with Crippen LogP contribution in [0.4, 0.5) is 8.78 Å². The van der Waals surface area contributed by atoms with Crippen molar-refractivity contribution in [2.45, 2.75) is 19.1 Å². The minimum atomic E-state index is -2.81. The van der Waals surface area contributed by atoms with Crippen LogP contribution in [0.5, 0.6) is 5.75 Å². The van der Waals surface area contributed by atoms with Gasteiger partial charge in [0.2, 0.25) is 0 Å². The number of alkyl halides is 2. The van der Waals surface area contributed by atoms with Gasteiger partial charge in [-0.1, -0.05) is 12.1 Å². The standard InChI is InChI=1S/C13H13BrF2N2OS/c14-9-5-11(20-7-9)6-12(18-17)8-1-3-10(4-2-8)19-13(15)16/h1-5,7,12-13,18H,6,17H2. The molecular formula is C13H13BrF2N2OS. The summed E-state index contributed by atoms with van der Waals surface area (Å²) in [7, 11) is 0. The van der Waals surface area contributed by atoms with Crippen molar-refractivity contribution >= 4 is 27.3 Å². The second-order valence-corrected chi connectivity index (χ2v) is 6.01. The van der Waals surface area contributed by atoms with E-state index in [0.717, 1.165) is 16.5 Å². The van der Waals surface area contributed by atoms with Crippen molar-refractivity contribution in [2.75, 3.05) is 0 Å². The highest BCUT2D eigenvalue weighted by Crippen LogP contribution is 2.26. The predicted octanol–water partition coefficient (Wildman–Crippen LogP) is 3.86. The summed E-state index contributed by atoms with van der Waals surface area (Å²) < 4.78 is 29.5. The number of benzene rings is 1. The average Bonchev–Trinajstić information content (AvgIpc) is 2.82. The third-order valence-electron chi connectivity index (χ3n) is 2.74. The first-order chi connectivity index (χ1) is 9.58. The van der Waals surface area contributed by atoms with E-state index in [1.165, 1.54) is 17.0 Å². The molecule has 1 aromatic heterocycles. The number of hydrogen-bond acceptors (Lipinski definition) is 4. The minimum Gasteiger partial charge on any atom is -0.435 e. The molecule has 7 heteroatoms. The molecule has 1 atom stereocenters. The van der Waals surface area contributed by atoms with E-state index in [-0.39, 0.29) is 11.8 Å². The van der Waals surface area contributed by atoms with Crippen LogP contribution in [-0.2, 0) is 6.42 Å². The fourth-order valence-electron chi connectivity index (χ4n) is 1.82. The Morgan fingerprint density at radius 1 is 1.30 bits per heavy atom. The number of rotatable bonds is 6. The largest absolute Gasteiger partial charge is 0.435 e. The normalized spacial score (nSPS) is 12.7. The molecule has 0 saturated heterocycles. The maximum absolute atomic E-state index is 12.1. The molecule has 0 spiro atoms. The topological polar surface area (TPSA) is 47.3 Å². The van der Waals surface area contributed by atoms with Crippen LogP contribution in [0.25, 0.3) is 0 Å². The highest BCUT2D eigenvalue weighted by Gasteiger charge is 2.12. The lowest BCUT2D eigenvalue weighted by molar-refractivity contribution is -0.0498. The number of hydrazine groups is 1. The summed E-state index contributed by atoms with van der Waals surface area (Å²) in [4.78, 5) is 1.17. The molecule has 0 amide bonds. The molecule has 1 unspecified atom stereocenters. The van der Waals surface area contributed by atoms with E-state index in [4.69, 9.17) is 5.84 Å². The van der Waals surface area contributed by atoms with Crippen molar-refractivity contribution < 1.29 is 13.5 Å². The Morgan fingerprint density at radius 2 is 2.00 bits per heavy atom. The molecule has 0 bridgehead atoms. The van der Waals surface area contributed by atoms with Gasteiger partial charge in [0.05, 0.1) is 6.04 Å². The van der Waals surface area contributed by atoms with Gasteiger partial charge >= 0.3 is 6.61 Å². The summed E-state index contributed by atoms with van der Waals surface area (Å²) in [5.41, 5.74) is 3.65. The quantitative estimate of drug-likeness (QED) is 0.605. The fraction of sp³-hybridized carbons (Fsp3) is 0.231. The van der Waals surface area contributed by atoms with E-state index in [1.807, 2.05) is 11.4 Å². The lowest BCUT2D eigenvalue weighted by Gasteiger charge is -2.16. The third kappa shape index (κ3) is 4.24. The SMILES string of the molecule is NNC(Cc1cc(Br)cs1)c1ccc(OC(F)F)cc1. The van der Waals surface area contributed by atoms with E-state index in [0.29, 0.717) is 0 Å². The Morgan fingerprint density at radius 3 is 2.50 bits per heavy atom. The Hall–Kier alpha value is -1.02. The molecule has 2 rings (SSSR count). The van der Waals surface area contributed by atoms with Crippen LogP contribution in [0.15, 0.2) is 40.2 Å². The second-order valence-electron chi connectivity index (χ2n) is 4.10. The molecule has 20 heavy (non-hydrogen) atoms. The van der Waals surface area contributed by atoms with Crippen LogP contribution < -0.4 is 16.0 Å². The zero-order chi connectivity index (χ0) is 14.5. The summed E-state index contributed by atoms with van der Waals surface area (Å²) in [6.45, 7) is -2.81. The molecule has 2 aromatic rings. The van der Waals surface area contributed by atoms with Crippen LogP contribution in [0.2, 0.25) is 0 Å². The molecule has 0 aliphatic heterocycles. The minimum absolute atomic E-state index is 0.0823. The first-order valence-corrected chi connectivity index (χ1v) is 7.49. The summed E-state index contributed by atoms with van der Waals surface area (Å²) in [6.07, 6.45) is 0.724. The second kappa shape index (κ2) is 7.12. The van der Waals surface area contributed by atoms with Gasteiger partial charge in [-0.15, -0.1) is 11.3 Å². The molecule has 0 aliphatic rings. The summed E-state index contributed by atoms with van der Waals surface area (Å²) in [5, 5.41) is 2.00. The van der Waals surface area contributed by atoms with Gasteiger partial charge in [0.15, 0.2) is 0 Å². The van der Waals surface area contributed by atoms with Gasteiger partial charge < -0.3 is 4.74 Å². The zero-order valence-corrected chi connectivity index (χ0v) is 12.8. The van der Waals surface area contributed by atoms with Crippen LogP contribution in [-0.4, -0.2) is 6.61 Å². The Balaban J connectivity index is 2.07. The third-order valence-corrected chi connectivity index (χ3v) is 4.46. The summed E-state index contributed by atoms with van der Waals surface area (Å²) in [5.74, 6) is 5.71. The smallest absolute Gasteiger partial charge is 0.387 e. The molecule has 108 valence electrons. The van der Waals surface area contributed by atoms with Gasteiger partial charge in [0, 0.05) is 21.2 Å². The molecule has 1 heterocycles. The van der Waals surface area contributed by atoms with E-state index in [2.05, 4.69) is 26.1 Å². The van der Waals surface area contributed by atoms with Gasteiger partial charge in [-0.3, -0.25) is 11.3 Å². The first kappa shape index (κ1) is 15.4. The van der Waals surface area contributed by atoms with Crippen molar-refractivity contribution in [3.8, 4) is 5.75 Å². The number of nitrogens with one attached hydrogen (secondary N) is 1. The van der Waals surface area contributed by atoms with E-state index in [1.54, 1.807) is 23.5 Å². The van der Waals surface area contributed by atoms with Gasteiger partial charge in [-0.05, 0) is 39.7 Å². The fourth-order valence-corrected chi connectivity index (χ4v) is 3.31. The molecular weight excluding hydrogens is 350 g/mol. The maximum Gasteiger partial charge on any atom is 0.387 e. The van der Waals surface area contributed by atoms with Crippen LogP contribution in [0, 0.1) is 0 Å². The van der Waals surface area contributed by atoms with Crippen LogP contribution in [0.1, 0.15) is 16.5 Å². The van der Waals surface area contributed by atoms with Crippen molar-refractivity contribution in [2.24, 2.45) is 5.84 Å². The zero-order valence-electron chi connectivity index (χ0n) is 10.4. The molecule has 0 radical (unpaired) electrons. The van der Waals surface area contributed by atoms with Gasteiger partial charge in [0.1, 0.15) is 5.75 Å². The lowest BCUT2D eigenvalue weighted by Crippen LogP contribution is -2.29. The van der Waals surface area contributed by atoms with E-state index in [9.17, 15) is 8.78 Å². The number of thiophene rings is 1. The van der Waals surface area contributed by atoms with Gasteiger partial charge in [0.25, 0.3) is 0 Å². The molecule has 0 fully saturated rings. The Kier molecular flexibility index (Phi) is 5.47. The molecule has 1 aromatic carbocycles.